The van der Waals surface area contributed by atoms with Crippen molar-refractivity contribution in [1.82, 2.24) is 20.6 Å². The monoisotopic (exact) mass is 344 g/mol. The van der Waals surface area contributed by atoms with E-state index >= 15 is 0 Å². The van der Waals surface area contributed by atoms with Crippen molar-refractivity contribution in [3.63, 3.8) is 0 Å². The van der Waals surface area contributed by atoms with Gasteiger partial charge in [-0.1, -0.05) is 18.2 Å². The number of nitrogens with one attached hydrogen (secondary N) is 4. The van der Waals surface area contributed by atoms with Crippen molar-refractivity contribution >= 4 is 11.9 Å². The van der Waals surface area contributed by atoms with Crippen LogP contribution in [0.2, 0.25) is 0 Å². The molecule has 1 aromatic carbocycles. The molecule has 2 aliphatic rings. The van der Waals surface area contributed by atoms with Crippen molar-refractivity contribution in [2.45, 2.75) is 12.1 Å². The van der Waals surface area contributed by atoms with E-state index in [9.17, 15) is 24.3 Å². The number of urea groups is 1. The largest absolute Gasteiger partial charge is 0.494 e. The topological polar surface area (TPSA) is 153 Å². The third-order valence-electron chi connectivity index (χ3n) is 4.28. The van der Waals surface area contributed by atoms with Gasteiger partial charge in [-0.2, -0.15) is 0 Å². The van der Waals surface area contributed by atoms with Crippen LogP contribution in [0.15, 0.2) is 33.9 Å². The molecule has 0 unspecified atom stereocenters. The van der Waals surface area contributed by atoms with Crippen molar-refractivity contribution in [2.24, 2.45) is 5.92 Å². The standard InChI is InChI=1S/C15H12N4O6/c20-10-8(11(21)17-14(23)16-10)7-5-3-1-2-4-6(5)25-13-9(7)12(22)18-15(24)19-13/h1-4,7,9,13H,(H2,18,19,22,24)(H3,16,17,20,21,23)/t7-,9-,13-/m1/s1. The third kappa shape index (κ3) is 2.26. The number of hydrogen-bond donors (Lipinski definition) is 5. The number of ether oxygens (including phenoxy) is 1. The van der Waals surface area contributed by atoms with E-state index in [1.807, 2.05) is 4.98 Å². The molecule has 1 fully saturated rings. The van der Waals surface area contributed by atoms with Gasteiger partial charge in [-0.15, -0.1) is 0 Å². The summed E-state index contributed by atoms with van der Waals surface area (Å²) in [5.41, 5.74) is -1.41. The number of imide groups is 1. The average molecular weight is 344 g/mol. The first kappa shape index (κ1) is 15.0. The van der Waals surface area contributed by atoms with Gasteiger partial charge in [0.05, 0.1) is 5.56 Å². The lowest BCUT2D eigenvalue weighted by Crippen LogP contribution is -2.63. The molecule has 0 bridgehead atoms. The Morgan fingerprint density at radius 2 is 1.80 bits per heavy atom. The lowest BCUT2D eigenvalue weighted by molar-refractivity contribution is -0.130. The van der Waals surface area contributed by atoms with E-state index in [2.05, 4.69) is 15.6 Å². The van der Waals surface area contributed by atoms with Crippen molar-refractivity contribution in [2.75, 3.05) is 0 Å². The molecule has 25 heavy (non-hydrogen) atoms. The van der Waals surface area contributed by atoms with Gasteiger partial charge in [0.25, 0.3) is 5.56 Å². The summed E-state index contributed by atoms with van der Waals surface area (Å²) >= 11 is 0. The maximum atomic E-state index is 12.4. The number of fused-ring (bicyclic) bond motifs is 2. The van der Waals surface area contributed by atoms with E-state index in [-0.39, 0.29) is 5.56 Å². The molecule has 2 aliphatic heterocycles. The Morgan fingerprint density at radius 3 is 2.56 bits per heavy atom. The first-order chi connectivity index (χ1) is 12.0. The van der Waals surface area contributed by atoms with Crippen LogP contribution in [0, 0.1) is 5.92 Å². The predicted octanol–water partition coefficient (Wildman–Crippen LogP) is -0.925. The Bertz CT molecular complexity index is 1010. The van der Waals surface area contributed by atoms with Crippen LogP contribution in [0.5, 0.6) is 11.6 Å². The van der Waals surface area contributed by atoms with Crippen LogP contribution in [0.25, 0.3) is 0 Å². The molecule has 4 rings (SSSR count). The zero-order valence-electron chi connectivity index (χ0n) is 12.5. The molecule has 10 heteroatoms. The Hall–Kier alpha value is -3.56. The van der Waals surface area contributed by atoms with Gasteiger partial charge < -0.3 is 15.2 Å². The molecule has 0 saturated carbocycles. The van der Waals surface area contributed by atoms with Crippen molar-refractivity contribution in [1.29, 1.82) is 0 Å². The lowest BCUT2D eigenvalue weighted by Gasteiger charge is -2.40. The Labute approximate surface area is 138 Å². The zero-order chi connectivity index (χ0) is 17.7. The quantitative estimate of drug-likeness (QED) is 0.451. The molecule has 5 N–H and O–H groups in total. The highest BCUT2D eigenvalue weighted by molar-refractivity contribution is 5.99. The number of aromatic amines is 2. The molecule has 128 valence electrons. The van der Waals surface area contributed by atoms with Crippen LogP contribution >= 0.6 is 0 Å². The van der Waals surface area contributed by atoms with Gasteiger partial charge in [-0.3, -0.25) is 24.9 Å². The first-order valence-corrected chi connectivity index (χ1v) is 7.38. The molecule has 0 radical (unpaired) electrons. The van der Waals surface area contributed by atoms with E-state index in [4.69, 9.17) is 4.74 Å². The molecule has 10 nitrogen and oxygen atoms in total. The molecule has 1 saturated heterocycles. The van der Waals surface area contributed by atoms with Crippen molar-refractivity contribution < 1.29 is 19.4 Å². The summed E-state index contributed by atoms with van der Waals surface area (Å²) in [6, 6.07) is 5.92. The van der Waals surface area contributed by atoms with E-state index in [0.717, 1.165) is 0 Å². The number of carbonyl (C=O) groups is 2. The number of benzene rings is 1. The van der Waals surface area contributed by atoms with E-state index in [1.165, 1.54) is 0 Å². The number of aromatic hydroxyl groups is 1. The van der Waals surface area contributed by atoms with E-state index < -0.39 is 47.1 Å². The van der Waals surface area contributed by atoms with Crippen molar-refractivity contribution in [3.8, 4) is 11.6 Å². The maximum absolute atomic E-state index is 12.4. The fourth-order valence-electron chi connectivity index (χ4n) is 3.30. The van der Waals surface area contributed by atoms with Crippen LogP contribution in [0.3, 0.4) is 0 Å². The minimum atomic E-state index is -1.02. The fraction of sp³-hybridized carbons (Fsp3) is 0.200. The normalized spacial score (nSPS) is 24.4. The lowest BCUT2D eigenvalue weighted by atomic mass is 9.77. The highest BCUT2D eigenvalue weighted by Gasteiger charge is 2.49. The molecule has 0 spiro atoms. The Balaban J connectivity index is 1.98. The van der Waals surface area contributed by atoms with Crippen LogP contribution in [-0.2, 0) is 4.79 Å². The van der Waals surface area contributed by atoms with Gasteiger partial charge in [0.1, 0.15) is 11.7 Å². The summed E-state index contributed by atoms with van der Waals surface area (Å²) in [7, 11) is 0. The highest BCUT2D eigenvalue weighted by Crippen LogP contribution is 2.44. The van der Waals surface area contributed by atoms with Crippen LogP contribution in [-0.4, -0.2) is 33.2 Å². The summed E-state index contributed by atoms with van der Waals surface area (Å²) < 4.78 is 5.67. The molecule has 1 aromatic heterocycles. The second-order valence-electron chi connectivity index (χ2n) is 5.71. The number of carbonyl (C=O) groups excluding carboxylic acids is 2. The molecule has 3 atom stereocenters. The SMILES string of the molecule is O=C1NC(=O)[C@H]2[C@@H](c3c(O)[nH]c(=O)[nH]c3=O)c3ccccc3O[C@H]2N1. The predicted molar refractivity (Wildman–Crippen MR) is 82.2 cm³/mol. The number of para-hydroxylation sites is 1. The number of H-pyrrole nitrogens is 2. The fourth-order valence-corrected chi connectivity index (χ4v) is 3.30. The average Bonchev–Trinajstić information content (AvgIpc) is 2.52. The smallest absolute Gasteiger partial charge is 0.328 e. The summed E-state index contributed by atoms with van der Waals surface area (Å²) in [6.45, 7) is 0. The molecular formula is C15H12N4O6. The van der Waals surface area contributed by atoms with Crippen molar-refractivity contribution in [3.05, 3.63) is 56.2 Å². The van der Waals surface area contributed by atoms with Crippen LogP contribution in [0.4, 0.5) is 4.79 Å². The van der Waals surface area contributed by atoms with Gasteiger partial charge in [-0.05, 0) is 6.07 Å². The van der Waals surface area contributed by atoms with E-state index in [0.29, 0.717) is 11.3 Å². The number of hydrogen-bond acceptors (Lipinski definition) is 6. The molecule has 3 amide bonds. The summed E-state index contributed by atoms with van der Waals surface area (Å²) in [4.78, 5) is 51.8. The van der Waals surface area contributed by atoms with E-state index in [1.54, 1.807) is 24.3 Å². The van der Waals surface area contributed by atoms with Gasteiger partial charge in [-0.25, -0.2) is 9.59 Å². The first-order valence-electron chi connectivity index (χ1n) is 7.38. The summed E-state index contributed by atoms with van der Waals surface area (Å²) in [6.07, 6.45) is -1.02. The van der Waals surface area contributed by atoms with Crippen LogP contribution in [0.1, 0.15) is 17.0 Å². The second kappa shape index (κ2) is 5.23. The van der Waals surface area contributed by atoms with Gasteiger partial charge in [0.15, 0.2) is 6.23 Å². The summed E-state index contributed by atoms with van der Waals surface area (Å²) in [5.74, 6) is -2.88. The third-order valence-corrected chi connectivity index (χ3v) is 4.28. The Kier molecular flexibility index (Phi) is 3.14. The molecule has 2 aromatic rings. The highest BCUT2D eigenvalue weighted by atomic mass is 16.5. The molecular weight excluding hydrogens is 332 g/mol. The Morgan fingerprint density at radius 1 is 1.04 bits per heavy atom. The number of aromatic nitrogens is 2. The van der Waals surface area contributed by atoms with Gasteiger partial charge >= 0.3 is 11.7 Å². The minimum Gasteiger partial charge on any atom is -0.494 e. The second-order valence-corrected chi connectivity index (χ2v) is 5.71. The molecule has 0 aliphatic carbocycles. The summed E-state index contributed by atoms with van der Waals surface area (Å²) in [5, 5.41) is 14.7. The van der Waals surface area contributed by atoms with Gasteiger partial charge in [0, 0.05) is 11.5 Å². The van der Waals surface area contributed by atoms with Crippen LogP contribution < -0.4 is 26.6 Å². The van der Waals surface area contributed by atoms with Gasteiger partial charge in [0.2, 0.25) is 11.8 Å². The maximum Gasteiger partial charge on any atom is 0.328 e. The number of amides is 3. The molecule has 3 heterocycles. The minimum absolute atomic E-state index is 0.184. The number of rotatable bonds is 1. The zero-order valence-corrected chi connectivity index (χ0v) is 12.5.